The van der Waals surface area contributed by atoms with E-state index in [0.717, 1.165) is 19.9 Å². The smallest absolute Gasteiger partial charge is 0.424 e. The maximum absolute atomic E-state index is 12.5. The highest BCUT2D eigenvalue weighted by atomic mass is 79.9. The summed E-state index contributed by atoms with van der Waals surface area (Å²) in [7, 11) is 0. The Hall–Kier alpha value is -1.70. The molecule has 0 radical (unpaired) electrons. The Bertz CT molecular complexity index is 770. The third-order valence-electron chi connectivity index (χ3n) is 3.86. The van der Waals surface area contributed by atoms with Gasteiger partial charge in [0.2, 0.25) is 0 Å². The molecule has 2 unspecified atom stereocenters. The normalized spacial score (nSPS) is 23.2. The SMILES string of the molecule is CC1(c2cccc(Br)c2)COS(=O)N1C(=O)OCc1ccccc1. The van der Waals surface area contributed by atoms with Gasteiger partial charge >= 0.3 is 6.09 Å². The lowest BCUT2D eigenvalue weighted by molar-refractivity contribution is 0.0955. The van der Waals surface area contributed by atoms with E-state index in [2.05, 4.69) is 15.9 Å². The van der Waals surface area contributed by atoms with Gasteiger partial charge in [0.1, 0.15) is 12.1 Å². The van der Waals surface area contributed by atoms with Crippen LogP contribution < -0.4 is 0 Å². The molecule has 1 fully saturated rings. The number of amides is 1. The van der Waals surface area contributed by atoms with Crippen LogP contribution >= 0.6 is 15.9 Å². The number of nitrogens with zero attached hydrogens (tertiary/aromatic N) is 1. The number of carbonyl (C=O) groups excluding carboxylic acids is 1. The number of rotatable bonds is 3. The summed E-state index contributed by atoms with van der Waals surface area (Å²) in [6.07, 6.45) is -0.669. The van der Waals surface area contributed by atoms with Crippen molar-refractivity contribution in [3.63, 3.8) is 0 Å². The minimum absolute atomic E-state index is 0.113. The van der Waals surface area contributed by atoms with E-state index in [1.807, 2.05) is 61.5 Å². The average molecular weight is 410 g/mol. The molecule has 1 aliphatic rings. The summed E-state index contributed by atoms with van der Waals surface area (Å²) in [5.74, 6) is 0. The van der Waals surface area contributed by atoms with Crippen LogP contribution in [0.15, 0.2) is 59.1 Å². The van der Waals surface area contributed by atoms with Gasteiger partial charge < -0.3 is 4.74 Å². The van der Waals surface area contributed by atoms with Crippen LogP contribution in [0, 0.1) is 0 Å². The summed E-state index contributed by atoms with van der Waals surface area (Å²) < 4.78 is 24.8. The van der Waals surface area contributed by atoms with Crippen molar-refractivity contribution in [3.05, 3.63) is 70.2 Å². The van der Waals surface area contributed by atoms with Crippen LogP contribution in [0.5, 0.6) is 0 Å². The highest BCUT2D eigenvalue weighted by molar-refractivity contribution is 9.10. The van der Waals surface area contributed by atoms with Gasteiger partial charge in [-0.2, -0.15) is 4.31 Å². The minimum Gasteiger partial charge on any atom is -0.444 e. The highest BCUT2D eigenvalue weighted by Gasteiger charge is 2.49. The van der Waals surface area contributed by atoms with Crippen molar-refractivity contribution in [3.8, 4) is 0 Å². The Balaban J connectivity index is 1.81. The number of hydrogen-bond donors (Lipinski definition) is 0. The van der Waals surface area contributed by atoms with E-state index in [9.17, 15) is 9.00 Å². The van der Waals surface area contributed by atoms with Crippen molar-refractivity contribution < 1.29 is 17.9 Å². The molecule has 7 heteroatoms. The maximum atomic E-state index is 12.5. The molecule has 0 spiro atoms. The van der Waals surface area contributed by atoms with Crippen molar-refractivity contribution in [1.29, 1.82) is 0 Å². The van der Waals surface area contributed by atoms with Crippen molar-refractivity contribution >= 4 is 33.3 Å². The number of halogens is 1. The summed E-state index contributed by atoms with van der Waals surface area (Å²) in [6, 6.07) is 16.8. The molecule has 24 heavy (non-hydrogen) atoms. The first-order valence-electron chi connectivity index (χ1n) is 7.33. The quantitative estimate of drug-likeness (QED) is 0.770. The lowest BCUT2D eigenvalue weighted by atomic mass is 9.93. The summed E-state index contributed by atoms with van der Waals surface area (Å²) in [5.41, 5.74) is 0.822. The molecule has 1 saturated heterocycles. The molecule has 0 bridgehead atoms. The molecule has 1 aliphatic heterocycles. The molecule has 1 heterocycles. The fourth-order valence-corrected chi connectivity index (χ4v) is 4.00. The van der Waals surface area contributed by atoms with Gasteiger partial charge in [0.05, 0.1) is 6.61 Å². The van der Waals surface area contributed by atoms with E-state index in [-0.39, 0.29) is 13.2 Å². The first kappa shape index (κ1) is 17.1. The monoisotopic (exact) mass is 409 g/mol. The molecule has 0 saturated carbocycles. The summed E-state index contributed by atoms with van der Waals surface area (Å²) >= 11 is 1.53. The first-order chi connectivity index (χ1) is 11.5. The van der Waals surface area contributed by atoms with Crippen LogP contribution in [-0.2, 0) is 32.3 Å². The van der Waals surface area contributed by atoms with Gasteiger partial charge in [-0.15, -0.1) is 0 Å². The second-order valence-corrected chi connectivity index (χ2v) is 7.55. The zero-order valence-corrected chi connectivity index (χ0v) is 15.4. The van der Waals surface area contributed by atoms with Crippen LogP contribution in [0.25, 0.3) is 0 Å². The summed E-state index contributed by atoms with van der Waals surface area (Å²) in [4.78, 5) is 12.5. The Kier molecular flexibility index (Phi) is 5.03. The molecule has 5 nitrogen and oxygen atoms in total. The second kappa shape index (κ2) is 7.04. The Labute approximate surface area is 151 Å². The lowest BCUT2D eigenvalue weighted by Gasteiger charge is -2.30. The van der Waals surface area contributed by atoms with E-state index in [1.165, 1.54) is 0 Å². The first-order valence-corrected chi connectivity index (χ1v) is 9.15. The molecule has 126 valence electrons. The zero-order valence-electron chi connectivity index (χ0n) is 13.0. The van der Waals surface area contributed by atoms with Crippen LogP contribution in [0.4, 0.5) is 4.79 Å². The van der Waals surface area contributed by atoms with E-state index in [1.54, 1.807) is 0 Å². The standard InChI is InChI=1S/C17H16BrNO4S/c1-17(14-8-5-9-15(18)10-14)12-23-24(21)19(17)16(20)22-11-13-6-3-2-4-7-13/h2-10H,11-12H2,1H3. The van der Waals surface area contributed by atoms with Gasteiger partial charge in [-0.25, -0.2) is 9.00 Å². The largest absolute Gasteiger partial charge is 0.444 e. The summed E-state index contributed by atoms with van der Waals surface area (Å²) in [6.45, 7) is 2.06. The van der Waals surface area contributed by atoms with Gasteiger partial charge in [0.15, 0.2) is 0 Å². The van der Waals surface area contributed by atoms with E-state index < -0.39 is 22.9 Å². The summed E-state index contributed by atoms with van der Waals surface area (Å²) in [5, 5.41) is 0. The van der Waals surface area contributed by atoms with Crippen molar-refractivity contribution in [2.24, 2.45) is 0 Å². The third kappa shape index (κ3) is 3.38. The topological polar surface area (TPSA) is 55.8 Å². The van der Waals surface area contributed by atoms with Crippen LogP contribution in [0.3, 0.4) is 0 Å². The third-order valence-corrected chi connectivity index (χ3v) is 5.52. The van der Waals surface area contributed by atoms with Gasteiger partial charge in [-0.05, 0) is 30.2 Å². The Morgan fingerprint density at radius 3 is 2.75 bits per heavy atom. The van der Waals surface area contributed by atoms with Crippen LogP contribution in [-0.4, -0.2) is 21.2 Å². The zero-order chi connectivity index (χ0) is 17.2. The fourth-order valence-electron chi connectivity index (χ4n) is 2.51. The minimum atomic E-state index is -1.88. The van der Waals surface area contributed by atoms with E-state index in [4.69, 9.17) is 8.92 Å². The van der Waals surface area contributed by atoms with Gasteiger partial charge in [-0.3, -0.25) is 4.18 Å². The lowest BCUT2D eigenvalue weighted by Crippen LogP contribution is -2.44. The fraction of sp³-hybridized carbons (Fsp3) is 0.235. The van der Waals surface area contributed by atoms with Crippen molar-refractivity contribution in [2.45, 2.75) is 19.1 Å². The predicted octanol–water partition coefficient (Wildman–Crippen LogP) is 3.91. The average Bonchev–Trinajstić information content (AvgIpc) is 2.90. The van der Waals surface area contributed by atoms with Gasteiger partial charge in [0.25, 0.3) is 11.3 Å². The maximum Gasteiger partial charge on any atom is 0.424 e. The molecule has 2 aromatic rings. The number of carbonyl (C=O) groups is 1. The van der Waals surface area contributed by atoms with E-state index >= 15 is 0 Å². The van der Waals surface area contributed by atoms with Crippen molar-refractivity contribution in [2.75, 3.05) is 6.61 Å². The number of ether oxygens (including phenoxy) is 1. The van der Waals surface area contributed by atoms with Crippen LogP contribution in [0.1, 0.15) is 18.1 Å². The highest BCUT2D eigenvalue weighted by Crippen LogP contribution is 2.37. The number of benzene rings is 2. The van der Waals surface area contributed by atoms with Crippen LogP contribution in [0.2, 0.25) is 0 Å². The Morgan fingerprint density at radius 1 is 1.29 bits per heavy atom. The molecule has 2 aromatic carbocycles. The van der Waals surface area contributed by atoms with Crippen molar-refractivity contribution in [1.82, 2.24) is 4.31 Å². The molecule has 0 N–H and O–H groups in total. The number of hydrogen-bond acceptors (Lipinski definition) is 4. The van der Waals surface area contributed by atoms with E-state index in [0.29, 0.717) is 0 Å². The molecule has 0 aliphatic carbocycles. The van der Waals surface area contributed by atoms with Gasteiger partial charge in [0, 0.05) is 4.47 Å². The molecule has 1 amide bonds. The molecular weight excluding hydrogens is 394 g/mol. The molecule has 3 rings (SSSR count). The second-order valence-electron chi connectivity index (χ2n) is 5.60. The predicted molar refractivity (Wildman–Crippen MR) is 94.1 cm³/mol. The molecule has 2 atom stereocenters. The molecular formula is C17H16BrNO4S. The molecule has 0 aromatic heterocycles. The Morgan fingerprint density at radius 2 is 2.04 bits per heavy atom. The van der Waals surface area contributed by atoms with Gasteiger partial charge in [-0.1, -0.05) is 58.4 Å².